The third kappa shape index (κ3) is 4.57. The molecular formula is C15H23NO2. The summed E-state index contributed by atoms with van der Waals surface area (Å²) >= 11 is 0. The number of benzene rings is 1. The Hall–Kier alpha value is -1.22. The van der Waals surface area contributed by atoms with Crippen molar-refractivity contribution in [2.75, 3.05) is 20.3 Å². The fourth-order valence-electron chi connectivity index (χ4n) is 1.81. The minimum atomic E-state index is 0.670. The van der Waals surface area contributed by atoms with Gasteiger partial charge in [-0.2, -0.15) is 0 Å². The predicted octanol–water partition coefficient (Wildman–Crippen LogP) is 2.85. The molecule has 1 saturated carbocycles. The monoisotopic (exact) mass is 249 g/mol. The first kappa shape index (κ1) is 13.2. The van der Waals surface area contributed by atoms with Gasteiger partial charge in [0.15, 0.2) is 0 Å². The minimum Gasteiger partial charge on any atom is -0.497 e. The third-order valence-electron chi connectivity index (χ3n) is 3.27. The van der Waals surface area contributed by atoms with E-state index in [1.165, 1.54) is 12.8 Å². The summed E-state index contributed by atoms with van der Waals surface area (Å²) < 4.78 is 10.8. The maximum absolute atomic E-state index is 5.72. The van der Waals surface area contributed by atoms with Crippen molar-refractivity contribution < 1.29 is 9.47 Å². The lowest BCUT2D eigenvalue weighted by Crippen LogP contribution is -2.24. The molecule has 18 heavy (non-hydrogen) atoms. The van der Waals surface area contributed by atoms with Crippen LogP contribution in [-0.4, -0.2) is 26.3 Å². The second kappa shape index (κ2) is 6.64. The van der Waals surface area contributed by atoms with Crippen LogP contribution in [0.3, 0.4) is 0 Å². The second-order valence-electron chi connectivity index (χ2n) is 5.10. The zero-order valence-corrected chi connectivity index (χ0v) is 11.3. The van der Waals surface area contributed by atoms with Crippen LogP contribution in [0.15, 0.2) is 24.3 Å². The van der Waals surface area contributed by atoms with E-state index >= 15 is 0 Å². The Bertz CT molecular complexity index is 346. The molecule has 1 aromatic carbocycles. The van der Waals surface area contributed by atoms with Crippen molar-refractivity contribution >= 4 is 0 Å². The highest BCUT2D eigenvalue weighted by molar-refractivity contribution is 5.31. The van der Waals surface area contributed by atoms with E-state index in [1.54, 1.807) is 7.11 Å². The summed E-state index contributed by atoms with van der Waals surface area (Å²) in [5, 5.41) is 3.55. The Morgan fingerprint density at radius 3 is 2.50 bits per heavy atom. The van der Waals surface area contributed by atoms with Crippen LogP contribution in [0.1, 0.15) is 26.2 Å². The van der Waals surface area contributed by atoms with Gasteiger partial charge in [-0.1, -0.05) is 6.92 Å². The van der Waals surface area contributed by atoms with E-state index in [1.807, 2.05) is 24.3 Å². The van der Waals surface area contributed by atoms with Gasteiger partial charge in [0.25, 0.3) is 0 Å². The van der Waals surface area contributed by atoms with Gasteiger partial charge < -0.3 is 14.8 Å². The van der Waals surface area contributed by atoms with Gasteiger partial charge in [-0.3, -0.25) is 0 Å². The molecule has 0 radical (unpaired) electrons. The van der Waals surface area contributed by atoms with Crippen LogP contribution >= 0.6 is 0 Å². The first-order chi connectivity index (χ1) is 8.78. The largest absolute Gasteiger partial charge is 0.497 e. The molecule has 3 heteroatoms. The lowest BCUT2D eigenvalue weighted by molar-refractivity contribution is 0.280. The molecule has 1 aromatic rings. The van der Waals surface area contributed by atoms with Crippen LogP contribution < -0.4 is 14.8 Å². The van der Waals surface area contributed by atoms with Crippen molar-refractivity contribution in [1.29, 1.82) is 0 Å². The smallest absolute Gasteiger partial charge is 0.119 e. The molecule has 100 valence electrons. The van der Waals surface area contributed by atoms with Crippen molar-refractivity contribution in [3.63, 3.8) is 0 Å². The molecule has 0 spiro atoms. The molecule has 0 bridgehead atoms. The highest BCUT2D eigenvalue weighted by atomic mass is 16.5. The Morgan fingerprint density at radius 2 is 1.89 bits per heavy atom. The van der Waals surface area contributed by atoms with Gasteiger partial charge in [-0.05, 0) is 56.0 Å². The van der Waals surface area contributed by atoms with Crippen LogP contribution in [-0.2, 0) is 0 Å². The average molecular weight is 249 g/mol. The predicted molar refractivity (Wildman–Crippen MR) is 73.3 cm³/mol. The molecule has 1 atom stereocenters. The molecular weight excluding hydrogens is 226 g/mol. The maximum Gasteiger partial charge on any atom is 0.119 e. The Balaban J connectivity index is 1.60. The topological polar surface area (TPSA) is 30.5 Å². The fraction of sp³-hybridized carbons (Fsp3) is 0.600. The van der Waals surface area contributed by atoms with Crippen LogP contribution in [0.2, 0.25) is 0 Å². The number of nitrogens with one attached hydrogen (secondary N) is 1. The van der Waals surface area contributed by atoms with Gasteiger partial charge in [-0.15, -0.1) is 0 Å². The normalized spacial score (nSPS) is 16.3. The van der Waals surface area contributed by atoms with Crippen LogP contribution in [0.5, 0.6) is 11.5 Å². The first-order valence-corrected chi connectivity index (χ1v) is 6.78. The van der Waals surface area contributed by atoms with E-state index in [-0.39, 0.29) is 0 Å². The molecule has 0 aromatic heterocycles. The molecule has 0 saturated heterocycles. The van der Waals surface area contributed by atoms with Crippen molar-refractivity contribution in [1.82, 2.24) is 5.32 Å². The van der Waals surface area contributed by atoms with Crippen LogP contribution in [0, 0.1) is 5.92 Å². The second-order valence-corrected chi connectivity index (χ2v) is 5.10. The van der Waals surface area contributed by atoms with Gasteiger partial charge in [0.1, 0.15) is 11.5 Å². The average Bonchev–Trinajstić information content (AvgIpc) is 3.21. The molecule has 0 amide bonds. The Labute approximate surface area is 109 Å². The summed E-state index contributed by atoms with van der Waals surface area (Å²) in [6, 6.07) is 8.55. The molecule has 1 unspecified atom stereocenters. The maximum atomic E-state index is 5.72. The number of methoxy groups -OCH3 is 1. The molecule has 1 fully saturated rings. The molecule has 1 N–H and O–H groups in total. The SMILES string of the molecule is COc1ccc(OCCC(C)CNC2CC2)cc1. The standard InChI is InChI=1S/C15H23NO2/c1-12(11-16-13-3-4-13)9-10-18-15-7-5-14(17-2)6-8-15/h5-8,12-13,16H,3-4,9-11H2,1-2H3. The summed E-state index contributed by atoms with van der Waals surface area (Å²) in [5.41, 5.74) is 0. The van der Waals surface area contributed by atoms with Gasteiger partial charge >= 0.3 is 0 Å². The molecule has 0 aliphatic heterocycles. The Kier molecular flexibility index (Phi) is 4.88. The summed E-state index contributed by atoms with van der Waals surface area (Å²) in [6.07, 6.45) is 3.80. The third-order valence-corrected chi connectivity index (χ3v) is 3.27. The summed E-state index contributed by atoms with van der Waals surface area (Å²) in [4.78, 5) is 0. The van der Waals surface area contributed by atoms with E-state index in [0.717, 1.165) is 37.1 Å². The van der Waals surface area contributed by atoms with E-state index in [2.05, 4.69) is 12.2 Å². The van der Waals surface area contributed by atoms with Crippen LogP contribution in [0.25, 0.3) is 0 Å². The zero-order valence-electron chi connectivity index (χ0n) is 11.3. The molecule has 1 aliphatic rings. The number of hydrogen-bond acceptors (Lipinski definition) is 3. The lowest BCUT2D eigenvalue weighted by atomic mass is 10.1. The van der Waals surface area contributed by atoms with Crippen molar-refractivity contribution in [2.24, 2.45) is 5.92 Å². The molecule has 0 heterocycles. The number of ether oxygens (including phenoxy) is 2. The van der Waals surface area contributed by atoms with Crippen LogP contribution in [0.4, 0.5) is 0 Å². The summed E-state index contributed by atoms with van der Waals surface area (Å²) in [5.74, 6) is 2.45. The van der Waals surface area contributed by atoms with E-state index < -0.39 is 0 Å². The molecule has 1 aliphatic carbocycles. The Morgan fingerprint density at radius 1 is 1.22 bits per heavy atom. The highest BCUT2D eigenvalue weighted by Crippen LogP contribution is 2.20. The fourth-order valence-corrected chi connectivity index (χ4v) is 1.81. The number of hydrogen-bond donors (Lipinski definition) is 1. The molecule has 3 nitrogen and oxygen atoms in total. The first-order valence-electron chi connectivity index (χ1n) is 6.78. The van der Waals surface area contributed by atoms with Gasteiger partial charge in [0.2, 0.25) is 0 Å². The van der Waals surface area contributed by atoms with Crippen molar-refractivity contribution in [3.8, 4) is 11.5 Å². The van der Waals surface area contributed by atoms with Gasteiger partial charge in [0, 0.05) is 6.04 Å². The van der Waals surface area contributed by atoms with Gasteiger partial charge in [-0.25, -0.2) is 0 Å². The minimum absolute atomic E-state index is 0.670. The van der Waals surface area contributed by atoms with Crippen molar-refractivity contribution in [2.45, 2.75) is 32.2 Å². The zero-order chi connectivity index (χ0) is 12.8. The van der Waals surface area contributed by atoms with E-state index in [0.29, 0.717) is 5.92 Å². The quantitative estimate of drug-likeness (QED) is 0.768. The van der Waals surface area contributed by atoms with Gasteiger partial charge in [0.05, 0.1) is 13.7 Å². The summed E-state index contributed by atoms with van der Waals surface area (Å²) in [6.45, 7) is 4.16. The highest BCUT2D eigenvalue weighted by Gasteiger charge is 2.20. The number of rotatable bonds is 8. The van der Waals surface area contributed by atoms with E-state index in [4.69, 9.17) is 9.47 Å². The summed E-state index contributed by atoms with van der Waals surface area (Å²) in [7, 11) is 1.67. The lowest BCUT2D eigenvalue weighted by Gasteiger charge is -2.13. The molecule has 2 rings (SSSR count). The van der Waals surface area contributed by atoms with Crippen molar-refractivity contribution in [3.05, 3.63) is 24.3 Å². The van der Waals surface area contributed by atoms with E-state index in [9.17, 15) is 0 Å².